The van der Waals surface area contributed by atoms with Crippen molar-refractivity contribution in [2.75, 3.05) is 24.6 Å². The second-order valence-corrected chi connectivity index (χ2v) is 9.81. The van der Waals surface area contributed by atoms with Crippen LogP contribution in [0.1, 0.15) is 25.7 Å². The van der Waals surface area contributed by atoms with E-state index in [1.54, 1.807) is 0 Å². The Morgan fingerprint density at radius 2 is 0.765 bits per heavy atom. The van der Waals surface area contributed by atoms with E-state index in [9.17, 15) is 0 Å². The van der Waals surface area contributed by atoms with Gasteiger partial charge in [0.05, 0.1) is 0 Å². The maximum atomic E-state index is 3.87. The summed E-state index contributed by atoms with van der Waals surface area (Å²) in [6, 6.07) is 0. The first-order valence-electron chi connectivity index (χ1n) is 6.68. The third-order valence-corrected chi connectivity index (χ3v) is 8.91. The van der Waals surface area contributed by atoms with Crippen molar-refractivity contribution in [3.63, 3.8) is 0 Å². The van der Waals surface area contributed by atoms with E-state index in [1.807, 2.05) is 0 Å². The Morgan fingerprint density at radius 1 is 0.529 bits per heavy atom. The fourth-order valence-electron chi connectivity index (χ4n) is 2.38. The third-order valence-electron chi connectivity index (χ3n) is 3.52. The van der Waals surface area contributed by atoms with Crippen LogP contribution in [0.25, 0.3) is 0 Å². The Bertz CT molecular complexity index is 186. The standard InChI is InChI=1S/C16H29P/c1-5-9-13-17(14-10-6-2,15-11-7-3)16-12-8-4/h5-8,17H,1-4,9-16H2. The molecule has 98 valence electrons. The van der Waals surface area contributed by atoms with Crippen molar-refractivity contribution in [3.8, 4) is 0 Å². The summed E-state index contributed by atoms with van der Waals surface area (Å²) in [6.07, 6.45) is 18.4. The van der Waals surface area contributed by atoms with Crippen LogP contribution in [0.3, 0.4) is 0 Å². The molecule has 0 N–H and O–H groups in total. The summed E-state index contributed by atoms with van der Waals surface area (Å²) in [7, 11) is -1.16. The summed E-state index contributed by atoms with van der Waals surface area (Å²) in [5, 5.41) is 0. The van der Waals surface area contributed by atoms with Crippen LogP contribution in [0.2, 0.25) is 0 Å². The second kappa shape index (κ2) is 10.5. The number of hydrogen-bond acceptors (Lipinski definition) is 0. The summed E-state index contributed by atoms with van der Waals surface area (Å²) in [4.78, 5) is 0. The SMILES string of the molecule is C=CCC[PH](CCC=C)(CCC=C)CCC=C. The molecule has 0 radical (unpaired) electrons. The Hall–Kier alpha value is -0.610. The van der Waals surface area contributed by atoms with Gasteiger partial charge >= 0.3 is 108 Å². The van der Waals surface area contributed by atoms with E-state index in [2.05, 4.69) is 50.6 Å². The monoisotopic (exact) mass is 252 g/mol. The van der Waals surface area contributed by atoms with E-state index in [4.69, 9.17) is 0 Å². The van der Waals surface area contributed by atoms with Gasteiger partial charge in [0.15, 0.2) is 0 Å². The van der Waals surface area contributed by atoms with Gasteiger partial charge in [-0.3, -0.25) is 0 Å². The van der Waals surface area contributed by atoms with Gasteiger partial charge in [0.1, 0.15) is 0 Å². The van der Waals surface area contributed by atoms with Crippen molar-refractivity contribution in [1.29, 1.82) is 0 Å². The molecular formula is C16H29P. The van der Waals surface area contributed by atoms with Crippen molar-refractivity contribution in [3.05, 3.63) is 50.6 Å². The fraction of sp³-hybridized carbons (Fsp3) is 0.500. The Balaban J connectivity index is 4.59. The van der Waals surface area contributed by atoms with Crippen LogP contribution in [0.4, 0.5) is 0 Å². The first kappa shape index (κ1) is 16.4. The average molecular weight is 252 g/mol. The van der Waals surface area contributed by atoms with Crippen LogP contribution in [0.15, 0.2) is 50.6 Å². The van der Waals surface area contributed by atoms with Gasteiger partial charge in [-0.25, -0.2) is 0 Å². The quantitative estimate of drug-likeness (QED) is 0.337. The zero-order chi connectivity index (χ0) is 13.0. The minimum atomic E-state index is -1.16. The molecule has 0 amide bonds. The summed E-state index contributed by atoms with van der Waals surface area (Å²) in [6.45, 7) is 15.5. The molecule has 0 fully saturated rings. The summed E-state index contributed by atoms with van der Waals surface area (Å²) < 4.78 is 0. The van der Waals surface area contributed by atoms with E-state index in [0.717, 1.165) is 25.7 Å². The fourth-order valence-corrected chi connectivity index (χ4v) is 7.15. The molecule has 0 aromatic rings. The molecule has 0 aliphatic heterocycles. The van der Waals surface area contributed by atoms with Crippen LogP contribution >= 0.6 is 7.26 Å². The molecule has 0 aromatic heterocycles. The normalized spacial score (nSPS) is 11.8. The average Bonchev–Trinajstić information content (AvgIpc) is 2.37. The molecule has 0 heterocycles. The second-order valence-electron chi connectivity index (χ2n) is 4.81. The number of hydrogen-bond donors (Lipinski definition) is 0. The van der Waals surface area contributed by atoms with Crippen molar-refractivity contribution in [1.82, 2.24) is 0 Å². The van der Waals surface area contributed by atoms with Crippen LogP contribution < -0.4 is 0 Å². The van der Waals surface area contributed by atoms with Gasteiger partial charge in [-0.15, -0.1) is 0 Å². The first-order chi connectivity index (χ1) is 8.24. The Kier molecular flexibility index (Phi) is 10.2. The van der Waals surface area contributed by atoms with Gasteiger partial charge in [0.2, 0.25) is 0 Å². The summed E-state index contributed by atoms with van der Waals surface area (Å²) in [5.74, 6) is 0. The number of allylic oxidation sites excluding steroid dienone is 4. The van der Waals surface area contributed by atoms with Gasteiger partial charge in [0.25, 0.3) is 0 Å². The molecule has 0 atom stereocenters. The van der Waals surface area contributed by atoms with E-state index in [-0.39, 0.29) is 0 Å². The predicted molar refractivity (Wildman–Crippen MR) is 87.0 cm³/mol. The molecule has 0 saturated heterocycles. The summed E-state index contributed by atoms with van der Waals surface area (Å²) in [5.41, 5.74) is 0. The van der Waals surface area contributed by atoms with Gasteiger partial charge in [0, 0.05) is 0 Å². The molecule has 0 saturated carbocycles. The zero-order valence-electron chi connectivity index (χ0n) is 11.3. The van der Waals surface area contributed by atoms with Gasteiger partial charge in [-0.1, -0.05) is 0 Å². The van der Waals surface area contributed by atoms with Crippen molar-refractivity contribution in [2.45, 2.75) is 25.7 Å². The van der Waals surface area contributed by atoms with Crippen molar-refractivity contribution >= 4 is 7.26 Å². The first-order valence-corrected chi connectivity index (χ1v) is 9.51. The molecule has 0 aliphatic carbocycles. The molecule has 0 aliphatic rings. The predicted octanol–water partition coefficient (Wildman–Crippen LogP) is 5.04. The molecule has 0 spiro atoms. The van der Waals surface area contributed by atoms with Gasteiger partial charge < -0.3 is 0 Å². The van der Waals surface area contributed by atoms with Crippen molar-refractivity contribution < 1.29 is 0 Å². The molecule has 0 aromatic carbocycles. The topological polar surface area (TPSA) is 0 Å². The van der Waals surface area contributed by atoms with E-state index >= 15 is 0 Å². The molecule has 0 rings (SSSR count). The molecular weight excluding hydrogens is 223 g/mol. The number of rotatable bonds is 12. The van der Waals surface area contributed by atoms with Gasteiger partial charge in [-0.2, -0.15) is 0 Å². The maximum absolute atomic E-state index is 3.87. The van der Waals surface area contributed by atoms with E-state index in [1.165, 1.54) is 24.6 Å². The Labute approximate surface area is 109 Å². The molecule has 0 unspecified atom stereocenters. The molecule has 1 heteroatoms. The van der Waals surface area contributed by atoms with Crippen LogP contribution in [-0.4, -0.2) is 24.6 Å². The molecule has 0 bridgehead atoms. The molecule has 0 nitrogen and oxygen atoms in total. The molecule has 17 heavy (non-hydrogen) atoms. The van der Waals surface area contributed by atoms with Crippen molar-refractivity contribution in [2.24, 2.45) is 0 Å². The van der Waals surface area contributed by atoms with Gasteiger partial charge in [-0.05, 0) is 0 Å². The van der Waals surface area contributed by atoms with Crippen LogP contribution in [-0.2, 0) is 0 Å². The van der Waals surface area contributed by atoms with Crippen LogP contribution in [0, 0.1) is 0 Å². The summed E-state index contributed by atoms with van der Waals surface area (Å²) >= 11 is 0. The third kappa shape index (κ3) is 7.34. The Morgan fingerprint density at radius 3 is 0.941 bits per heavy atom. The van der Waals surface area contributed by atoms with E-state index in [0.29, 0.717) is 0 Å². The van der Waals surface area contributed by atoms with E-state index < -0.39 is 7.26 Å². The zero-order valence-corrected chi connectivity index (χ0v) is 12.3. The minimum absolute atomic E-state index is 1.16. The van der Waals surface area contributed by atoms with Crippen LogP contribution in [0.5, 0.6) is 0 Å².